The van der Waals surface area contributed by atoms with Crippen LogP contribution in [0.2, 0.25) is 0 Å². The van der Waals surface area contributed by atoms with Crippen LogP contribution in [0.1, 0.15) is 79.0 Å². The Bertz CT molecular complexity index is 641. The van der Waals surface area contributed by atoms with Crippen molar-refractivity contribution in [2.45, 2.75) is 78.6 Å². The van der Waals surface area contributed by atoms with Gasteiger partial charge < -0.3 is 0 Å². The Morgan fingerprint density at radius 1 is 0.696 bits per heavy atom. The summed E-state index contributed by atoms with van der Waals surface area (Å²) in [4.78, 5) is 0. The minimum absolute atomic E-state index is 0.221. The molecule has 0 amide bonds. The Balaban J connectivity index is 0.000000595. The van der Waals surface area contributed by atoms with E-state index in [1.165, 1.54) is 0 Å². The summed E-state index contributed by atoms with van der Waals surface area (Å²) >= 11 is 8.25. The molecule has 23 heavy (non-hydrogen) atoms. The van der Waals surface area contributed by atoms with E-state index in [4.69, 9.17) is 0 Å². The zero-order valence-electron chi connectivity index (χ0n) is 16.0. The van der Waals surface area contributed by atoms with Gasteiger partial charge in [-0.25, -0.2) is 0 Å². The van der Waals surface area contributed by atoms with Crippen molar-refractivity contribution in [1.82, 2.24) is 0 Å². The molecule has 0 aromatic heterocycles. The molecule has 0 N–H and O–H groups in total. The van der Waals surface area contributed by atoms with Gasteiger partial charge in [-0.2, -0.15) is 0 Å². The minimum Gasteiger partial charge on any atom is -0.0617 e. The summed E-state index contributed by atoms with van der Waals surface area (Å²) in [5.74, 6) is 0. The van der Waals surface area contributed by atoms with Gasteiger partial charge in [0.1, 0.15) is 0 Å². The van der Waals surface area contributed by atoms with E-state index in [1.807, 2.05) is 0 Å². The van der Waals surface area contributed by atoms with Crippen LogP contribution in [0.25, 0.3) is 0 Å². The maximum atomic E-state index is 4.12. The molecule has 0 heterocycles. The van der Waals surface area contributed by atoms with Crippen LogP contribution in [0.15, 0.2) is 18.2 Å². The van der Waals surface area contributed by atoms with E-state index in [-0.39, 0.29) is 27.1 Å². The molecule has 1 aromatic carbocycles. The van der Waals surface area contributed by atoms with Crippen LogP contribution in [-0.4, -0.2) is 0 Å². The maximum Gasteiger partial charge on any atom is 0.00494 e. The molecule has 0 nitrogen and oxygen atoms in total. The van der Waals surface area contributed by atoms with Crippen LogP contribution in [-0.2, 0) is 47.5 Å². The average molecular weight is 367 g/mol. The molecule has 0 unspecified atom stereocenters. The molecule has 0 radical (unpaired) electrons. The van der Waals surface area contributed by atoms with Crippen LogP contribution in [0, 0.1) is 10.8 Å². The molecular formula is C20H30S3. The van der Waals surface area contributed by atoms with Crippen LogP contribution >= 0.6 is 0 Å². The highest BCUT2D eigenvalue weighted by molar-refractivity contribution is 8.37. The van der Waals surface area contributed by atoms with Gasteiger partial charge in [0.25, 0.3) is 0 Å². The Morgan fingerprint density at radius 3 is 1.30 bits per heavy atom. The molecule has 2 aliphatic carbocycles. The summed E-state index contributed by atoms with van der Waals surface area (Å²) in [6.07, 6.45) is 0. The Hall–Kier alpha value is -0.120. The molecule has 3 heteroatoms. The van der Waals surface area contributed by atoms with Gasteiger partial charge >= 0.3 is 0 Å². The molecule has 0 bridgehead atoms. The SMILES string of the molecule is CC1(C)c2cccc3c2C(C)(C1(C)C)C(C)(C)C3(C)C.S=S=S. The van der Waals surface area contributed by atoms with Gasteiger partial charge in [0, 0.05) is 36.7 Å². The van der Waals surface area contributed by atoms with Gasteiger partial charge in [-0.1, -0.05) is 80.5 Å². The number of hydrogen-bond acceptors (Lipinski definition) is 2. The van der Waals surface area contributed by atoms with Crippen molar-refractivity contribution in [2.75, 3.05) is 0 Å². The topological polar surface area (TPSA) is 0 Å². The predicted octanol–water partition coefficient (Wildman–Crippen LogP) is 5.57. The van der Waals surface area contributed by atoms with E-state index in [9.17, 15) is 0 Å². The Morgan fingerprint density at radius 2 is 1.00 bits per heavy atom. The number of rotatable bonds is 0. The molecular weight excluding hydrogens is 336 g/mol. The lowest BCUT2D eigenvalue weighted by atomic mass is 9.47. The van der Waals surface area contributed by atoms with Crippen molar-refractivity contribution in [3.63, 3.8) is 0 Å². The summed E-state index contributed by atoms with van der Waals surface area (Å²) in [5, 5.41) is 0. The normalized spacial score (nSPS) is 26.0. The van der Waals surface area contributed by atoms with Gasteiger partial charge in [0.2, 0.25) is 0 Å². The number of benzene rings is 1. The largest absolute Gasteiger partial charge is 0.0617 e. The van der Waals surface area contributed by atoms with Gasteiger partial charge in [0.05, 0.1) is 0 Å². The minimum atomic E-state index is 0.221. The first-order chi connectivity index (χ1) is 10.3. The van der Waals surface area contributed by atoms with Crippen molar-refractivity contribution in [1.29, 1.82) is 0 Å². The van der Waals surface area contributed by atoms with Gasteiger partial charge in [-0.15, -0.1) is 0 Å². The fraction of sp³-hybridized carbons (Fsp3) is 0.700. The highest BCUT2D eigenvalue weighted by Crippen LogP contribution is 2.75. The third-order valence-electron chi connectivity index (χ3n) is 8.54. The van der Waals surface area contributed by atoms with E-state index < -0.39 is 0 Å². The molecule has 0 saturated carbocycles. The van der Waals surface area contributed by atoms with Crippen LogP contribution in [0.3, 0.4) is 0 Å². The second-order valence-electron chi connectivity index (χ2n) is 9.42. The third-order valence-corrected chi connectivity index (χ3v) is 8.54. The zero-order valence-corrected chi connectivity index (χ0v) is 18.4. The smallest absolute Gasteiger partial charge is 0.00494 e. The molecule has 0 atom stereocenters. The van der Waals surface area contributed by atoms with Gasteiger partial charge in [-0.05, 0) is 38.4 Å². The highest BCUT2D eigenvalue weighted by Gasteiger charge is 2.71. The number of hydrogen-bond donors (Lipinski definition) is 0. The summed E-state index contributed by atoms with van der Waals surface area (Å²) in [7, 11) is 0.917. The molecule has 128 valence electrons. The molecule has 0 aliphatic heterocycles. The maximum absolute atomic E-state index is 4.12. The van der Waals surface area contributed by atoms with E-state index >= 15 is 0 Å². The van der Waals surface area contributed by atoms with Crippen molar-refractivity contribution >= 4 is 31.3 Å². The second kappa shape index (κ2) is 5.19. The average Bonchev–Trinajstić information content (AvgIpc) is 2.64. The van der Waals surface area contributed by atoms with E-state index in [0.717, 1.165) is 8.88 Å². The van der Waals surface area contributed by atoms with Crippen LogP contribution in [0.5, 0.6) is 0 Å². The van der Waals surface area contributed by atoms with Crippen molar-refractivity contribution in [2.24, 2.45) is 10.8 Å². The summed E-state index contributed by atoms with van der Waals surface area (Å²) in [6, 6.07) is 7.04. The summed E-state index contributed by atoms with van der Waals surface area (Å²) in [5.41, 5.74) is 5.98. The fourth-order valence-corrected chi connectivity index (χ4v) is 5.46. The predicted molar refractivity (Wildman–Crippen MR) is 110 cm³/mol. The van der Waals surface area contributed by atoms with Gasteiger partial charge in [-0.3, -0.25) is 0 Å². The highest BCUT2D eigenvalue weighted by atomic mass is 33.1. The van der Waals surface area contributed by atoms with Crippen LogP contribution in [0.4, 0.5) is 0 Å². The lowest BCUT2D eigenvalue weighted by Gasteiger charge is -2.56. The molecule has 1 aromatic rings. The van der Waals surface area contributed by atoms with Crippen molar-refractivity contribution < 1.29 is 0 Å². The van der Waals surface area contributed by atoms with Crippen molar-refractivity contribution in [3.05, 3.63) is 34.9 Å². The molecule has 2 aliphatic rings. The lowest BCUT2D eigenvalue weighted by Crippen LogP contribution is -2.54. The first-order valence-corrected chi connectivity index (χ1v) is 11.0. The van der Waals surface area contributed by atoms with Crippen LogP contribution < -0.4 is 0 Å². The quantitative estimate of drug-likeness (QED) is 0.588. The second-order valence-corrected chi connectivity index (χ2v) is 11.2. The molecule has 0 spiro atoms. The first kappa shape index (κ1) is 19.2. The lowest BCUT2D eigenvalue weighted by molar-refractivity contribution is -0.0105. The van der Waals surface area contributed by atoms with E-state index in [2.05, 4.69) is 103 Å². The first-order valence-electron chi connectivity index (χ1n) is 8.33. The Kier molecular flexibility index (Phi) is 4.33. The summed E-state index contributed by atoms with van der Waals surface area (Å²) in [6.45, 7) is 22.2. The van der Waals surface area contributed by atoms with E-state index in [1.54, 1.807) is 16.7 Å². The molecule has 3 rings (SSSR count). The zero-order chi connectivity index (χ0) is 18.1. The van der Waals surface area contributed by atoms with E-state index in [0.29, 0.717) is 0 Å². The molecule has 0 saturated heterocycles. The standard InChI is InChI=1S/C20H30.S3/c1-16(2)13-11-10-12-14-15(13)20(9,18(16,5)6)19(7,8)17(14,3)4;1-3-2/h10-12H,1-9H3;. The Labute approximate surface area is 155 Å². The van der Waals surface area contributed by atoms with Gasteiger partial charge in [0.15, 0.2) is 0 Å². The fourth-order valence-electron chi connectivity index (χ4n) is 5.46. The molecule has 0 fully saturated rings. The van der Waals surface area contributed by atoms with Crippen molar-refractivity contribution in [3.8, 4) is 0 Å². The summed E-state index contributed by atoms with van der Waals surface area (Å²) < 4.78 is 0. The third kappa shape index (κ3) is 1.88. The monoisotopic (exact) mass is 366 g/mol.